The molecule has 1 aliphatic rings. The van der Waals surface area contributed by atoms with Gasteiger partial charge >= 0.3 is 17.9 Å². The molecule has 8 heteroatoms. The third kappa shape index (κ3) is 3.48. The first kappa shape index (κ1) is 17.8. The smallest absolute Gasteiger partial charge is 0.444 e. The van der Waals surface area contributed by atoms with E-state index >= 15 is 0 Å². The molecule has 2 N–H and O–H groups in total. The minimum Gasteiger partial charge on any atom is -0.452 e. The predicted octanol–water partition coefficient (Wildman–Crippen LogP) is 2.43. The summed E-state index contributed by atoms with van der Waals surface area (Å²) in [6.07, 6.45) is 1.55. The van der Waals surface area contributed by atoms with Crippen molar-refractivity contribution in [3.8, 4) is 11.8 Å². The summed E-state index contributed by atoms with van der Waals surface area (Å²) in [5.74, 6) is -0.643. The molecular weight excluding hydrogens is 360 g/mol. The van der Waals surface area contributed by atoms with Crippen LogP contribution in [0.15, 0.2) is 51.7 Å². The van der Waals surface area contributed by atoms with Gasteiger partial charge in [-0.05, 0) is 54.7 Å². The number of methoxy groups -OCH3 is 1. The van der Waals surface area contributed by atoms with Gasteiger partial charge in [-0.3, -0.25) is 0 Å². The van der Waals surface area contributed by atoms with Crippen molar-refractivity contribution in [2.45, 2.75) is 25.8 Å². The summed E-state index contributed by atoms with van der Waals surface area (Å²) in [6.45, 7) is 1.84. The summed E-state index contributed by atoms with van der Waals surface area (Å²) in [7, 11) is 1.37. The van der Waals surface area contributed by atoms with Crippen molar-refractivity contribution in [1.29, 1.82) is 0 Å². The Hall–Kier alpha value is -3.55. The number of carbonyl (C=O) groups is 1. The van der Waals surface area contributed by atoms with Gasteiger partial charge in [-0.25, -0.2) is 9.59 Å². The third-order valence-corrected chi connectivity index (χ3v) is 4.79. The van der Waals surface area contributed by atoms with Gasteiger partial charge in [0.15, 0.2) is 0 Å². The molecule has 0 unspecified atom stereocenters. The lowest BCUT2D eigenvalue weighted by molar-refractivity contribution is 0.249. The highest BCUT2D eigenvalue weighted by Crippen LogP contribution is 2.22. The Morgan fingerprint density at radius 1 is 1.21 bits per heavy atom. The van der Waals surface area contributed by atoms with Crippen LogP contribution in [0.5, 0.6) is 6.08 Å². The lowest BCUT2D eigenvalue weighted by Crippen LogP contribution is -2.38. The molecule has 0 atom stereocenters. The number of ether oxygens (including phenoxy) is 1. The van der Waals surface area contributed by atoms with E-state index < -0.39 is 5.76 Å². The molecule has 3 aromatic rings. The number of urea groups is 1. The van der Waals surface area contributed by atoms with Gasteiger partial charge in [0.1, 0.15) is 0 Å². The second kappa shape index (κ2) is 7.22. The Morgan fingerprint density at radius 3 is 2.54 bits per heavy atom. The highest BCUT2D eigenvalue weighted by molar-refractivity contribution is 5.90. The zero-order valence-electron chi connectivity index (χ0n) is 15.6. The first-order valence-corrected chi connectivity index (χ1v) is 8.93. The Morgan fingerprint density at radius 2 is 1.93 bits per heavy atom. The van der Waals surface area contributed by atoms with Crippen LogP contribution in [0.2, 0.25) is 0 Å². The van der Waals surface area contributed by atoms with Crippen molar-refractivity contribution in [2.75, 3.05) is 12.4 Å². The van der Waals surface area contributed by atoms with Gasteiger partial charge in [0.05, 0.1) is 12.8 Å². The van der Waals surface area contributed by atoms with Crippen molar-refractivity contribution in [3.05, 3.63) is 69.7 Å². The Balaban J connectivity index is 1.43. The Kier molecular flexibility index (Phi) is 4.60. The molecule has 28 heavy (non-hydrogen) atoms. The fraction of sp³-hybridized carbons (Fsp3) is 0.250. The van der Waals surface area contributed by atoms with Gasteiger partial charge in [-0.15, -0.1) is 0 Å². The Labute approximate surface area is 161 Å². The van der Waals surface area contributed by atoms with Gasteiger partial charge < -0.3 is 19.8 Å². The first-order chi connectivity index (χ1) is 13.5. The van der Waals surface area contributed by atoms with Crippen LogP contribution >= 0.6 is 0 Å². The normalized spacial score (nSPS) is 13.2. The molecule has 4 rings (SSSR count). The molecule has 1 aromatic heterocycles. The molecule has 1 heterocycles. The minimum absolute atomic E-state index is 0.0816. The molecule has 2 amide bonds. The number of rotatable bonds is 4. The summed E-state index contributed by atoms with van der Waals surface area (Å²) < 4.78 is 10.8. The highest BCUT2D eigenvalue weighted by atomic mass is 16.6. The van der Waals surface area contributed by atoms with E-state index in [0.29, 0.717) is 11.4 Å². The lowest BCUT2D eigenvalue weighted by atomic mass is 10.1. The summed E-state index contributed by atoms with van der Waals surface area (Å²) in [4.78, 5) is 24.2. The fourth-order valence-corrected chi connectivity index (χ4v) is 3.43. The Bertz CT molecular complexity index is 1060. The molecule has 1 aliphatic carbocycles. The molecule has 0 saturated heterocycles. The zero-order chi connectivity index (χ0) is 19.7. The van der Waals surface area contributed by atoms with Crippen LogP contribution in [-0.4, -0.2) is 29.0 Å². The van der Waals surface area contributed by atoms with Crippen LogP contribution in [0.3, 0.4) is 0 Å². The average Bonchev–Trinajstić information content (AvgIpc) is 3.25. The van der Waals surface area contributed by atoms with Crippen LogP contribution in [0.25, 0.3) is 5.69 Å². The third-order valence-electron chi connectivity index (χ3n) is 4.79. The maximum absolute atomic E-state index is 12.4. The van der Waals surface area contributed by atoms with E-state index in [1.165, 1.54) is 18.2 Å². The maximum atomic E-state index is 12.4. The molecule has 0 spiro atoms. The van der Waals surface area contributed by atoms with Crippen molar-refractivity contribution >= 4 is 11.7 Å². The number of amides is 2. The summed E-state index contributed by atoms with van der Waals surface area (Å²) in [6, 6.07) is 13.2. The van der Waals surface area contributed by atoms with Gasteiger partial charge in [0.25, 0.3) is 0 Å². The van der Waals surface area contributed by atoms with Crippen molar-refractivity contribution in [3.63, 3.8) is 0 Å². The number of fused-ring (bicyclic) bond motifs is 1. The standard InChI is InChI=1S/C20H20N4O4/c1-12-9-16(24-20(26)28-19(23-24)27-2)7-8-17(12)22-18(25)21-15-10-13-5-3-4-6-14(13)11-15/h3-9,15H,10-11H2,1-2H3,(H2,21,22,25). The number of benzene rings is 2. The monoisotopic (exact) mass is 380 g/mol. The minimum atomic E-state index is -0.643. The highest BCUT2D eigenvalue weighted by Gasteiger charge is 2.22. The molecule has 0 fully saturated rings. The van der Waals surface area contributed by atoms with Gasteiger partial charge in [-0.1, -0.05) is 29.4 Å². The zero-order valence-corrected chi connectivity index (χ0v) is 15.6. The topological polar surface area (TPSA) is 98.4 Å². The fourth-order valence-electron chi connectivity index (χ4n) is 3.43. The van der Waals surface area contributed by atoms with Crippen molar-refractivity contribution in [1.82, 2.24) is 15.1 Å². The van der Waals surface area contributed by atoms with Gasteiger partial charge in [0, 0.05) is 11.7 Å². The van der Waals surface area contributed by atoms with Crippen molar-refractivity contribution < 1.29 is 13.9 Å². The predicted molar refractivity (Wildman–Crippen MR) is 103 cm³/mol. The number of nitrogens with zero attached hydrogens (tertiary/aromatic N) is 2. The molecule has 8 nitrogen and oxygen atoms in total. The van der Waals surface area contributed by atoms with Gasteiger partial charge in [-0.2, -0.15) is 4.68 Å². The molecule has 0 bridgehead atoms. The number of nitrogens with one attached hydrogen (secondary N) is 2. The van der Waals surface area contributed by atoms with Crippen LogP contribution < -0.4 is 21.1 Å². The molecular formula is C20H20N4O4. The van der Waals surface area contributed by atoms with Crippen LogP contribution in [0, 0.1) is 6.92 Å². The molecule has 0 saturated carbocycles. The first-order valence-electron chi connectivity index (χ1n) is 8.93. The van der Waals surface area contributed by atoms with Crippen molar-refractivity contribution in [2.24, 2.45) is 0 Å². The molecule has 144 valence electrons. The summed E-state index contributed by atoms with van der Waals surface area (Å²) in [5.41, 5.74) is 4.52. The summed E-state index contributed by atoms with van der Waals surface area (Å²) in [5, 5.41) is 9.82. The number of hydrogen-bond acceptors (Lipinski definition) is 5. The van der Waals surface area contributed by atoms with E-state index in [-0.39, 0.29) is 18.1 Å². The second-order valence-corrected chi connectivity index (χ2v) is 6.72. The summed E-state index contributed by atoms with van der Waals surface area (Å²) >= 11 is 0. The number of anilines is 1. The largest absolute Gasteiger partial charge is 0.452 e. The number of hydrogen-bond donors (Lipinski definition) is 2. The number of aryl methyl sites for hydroxylation is 1. The quantitative estimate of drug-likeness (QED) is 0.724. The molecule has 2 aromatic carbocycles. The van der Waals surface area contributed by atoms with Crippen LogP contribution in [0.1, 0.15) is 16.7 Å². The van der Waals surface area contributed by atoms with E-state index in [2.05, 4.69) is 27.9 Å². The molecule has 0 radical (unpaired) electrons. The molecule has 0 aliphatic heterocycles. The maximum Gasteiger partial charge on any atom is 0.444 e. The van der Waals surface area contributed by atoms with Crippen LogP contribution in [0.4, 0.5) is 10.5 Å². The number of aromatic nitrogens is 2. The second-order valence-electron chi connectivity index (χ2n) is 6.72. The van der Waals surface area contributed by atoms with E-state index in [0.717, 1.165) is 23.1 Å². The van der Waals surface area contributed by atoms with E-state index in [9.17, 15) is 9.59 Å². The van der Waals surface area contributed by atoms with E-state index in [1.807, 2.05) is 19.1 Å². The van der Waals surface area contributed by atoms with E-state index in [4.69, 9.17) is 9.15 Å². The number of carbonyl (C=O) groups excluding carboxylic acids is 1. The van der Waals surface area contributed by atoms with Gasteiger partial charge in [0.2, 0.25) is 0 Å². The SMILES string of the molecule is COc1nn(-c2ccc(NC(=O)NC3Cc4ccccc4C3)c(C)c2)c(=O)o1. The van der Waals surface area contributed by atoms with Crippen LogP contribution in [-0.2, 0) is 12.8 Å². The average molecular weight is 380 g/mol. The van der Waals surface area contributed by atoms with E-state index in [1.54, 1.807) is 18.2 Å². The lowest BCUT2D eigenvalue weighted by Gasteiger charge is -2.15.